The first kappa shape index (κ1) is 22.0. The third kappa shape index (κ3) is 3.87. The smallest absolute Gasteiger partial charge is 0.254 e. The van der Waals surface area contributed by atoms with E-state index in [2.05, 4.69) is 5.32 Å². The highest BCUT2D eigenvalue weighted by Gasteiger charge is 2.45. The molecule has 0 saturated heterocycles. The number of hydrogen-bond acceptors (Lipinski definition) is 5. The van der Waals surface area contributed by atoms with Crippen molar-refractivity contribution in [2.45, 2.75) is 44.2 Å². The average molecular weight is 439 g/mol. The molecule has 1 heterocycles. The van der Waals surface area contributed by atoms with E-state index in [1.807, 2.05) is 43.3 Å². The molecule has 2 amide bonds. The molecule has 4 rings (SSSR count). The van der Waals surface area contributed by atoms with Crippen LogP contribution in [0.1, 0.15) is 59.6 Å². The molecule has 1 aliphatic carbocycles. The summed E-state index contributed by atoms with van der Waals surface area (Å²) in [6.45, 7) is 2.56. The summed E-state index contributed by atoms with van der Waals surface area (Å²) >= 11 is 0. The highest BCUT2D eigenvalue weighted by atomic mass is 16.5. The van der Waals surface area contributed by atoms with Gasteiger partial charge in [-0.3, -0.25) is 9.59 Å². The lowest BCUT2D eigenvalue weighted by Crippen LogP contribution is -2.48. The number of carbonyl (C=O) groups is 2. The van der Waals surface area contributed by atoms with E-state index in [0.29, 0.717) is 29.4 Å². The van der Waals surface area contributed by atoms with Gasteiger partial charge < -0.3 is 24.4 Å². The van der Waals surface area contributed by atoms with Gasteiger partial charge in [-0.1, -0.05) is 25.1 Å². The van der Waals surface area contributed by atoms with Gasteiger partial charge in [0.2, 0.25) is 11.7 Å². The molecular formula is C25H30N2O5. The molecule has 2 unspecified atom stereocenters. The van der Waals surface area contributed by atoms with E-state index in [1.54, 1.807) is 26.2 Å². The van der Waals surface area contributed by atoms with Gasteiger partial charge in [-0.2, -0.15) is 0 Å². The lowest BCUT2D eigenvalue weighted by molar-refractivity contribution is -0.124. The van der Waals surface area contributed by atoms with E-state index in [4.69, 9.17) is 14.2 Å². The molecule has 2 aliphatic rings. The van der Waals surface area contributed by atoms with Crippen LogP contribution in [0.15, 0.2) is 36.4 Å². The molecular weight excluding hydrogens is 408 g/mol. The number of benzene rings is 2. The Bertz CT molecular complexity index is 992. The van der Waals surface area contributed by atoms with Gasteiger partial charge in [0.25, 0.3) is 5.91 Å². The molecule has 2 aromatic rings. The monoisotopic (exact) mass is 438 g/mol. The van der Waals surface area contributed by atoms with Crippen LogP contribution in [0, 0.1) is 0 Å². The quantitative estimate of drug-likeness (QED) is 0.680. The first-order valence-electron chi connectivity index (χ1n) is 11.0. The molecule has 1 aliphatic heterocycles. The van der Waals surface area contributed by atoms with Crippen LogP contribution in [0.25, 0.3) is 0 Å². The number of nitrogens with one attached hydrogen (secondary N) is 1. The van der Waals surface area contributed by atoms with Crippen molar-refractivity contribution in [1.29, 1.82) is 0 Å². The molecule has 2 aromatic carbocycles. The van der Waals surface area contributed by atoms with Crippen molar-refractivity contribution in [2.24, 2.45) is 0 Å². The molecule has 2 atom stereocenters. The molecule has 7 heteroatoms. The summed E-state index contributed by atoms with van der Waals surface area (Å²) in [5.74, 6) is 0.780. The fourth-order valence-electron chi connectivity index (χ4n) is 4.52. The second kappa shape index (κ2) is 9.10. The predicted octanol–water partition coefficient (Wildman–Crippen LogP) is 3.68. The van der Waals surface area contributed by atoms with Crippen molar-refractivity contribution < 1.29 is 23.8 Å². The Kier molecular flexibility index (Phi) is 6.26. The molecule has 0 radical (unpaired) electrons. The van der Waals surface area contributed by atoms with Crippen LogP contribution in [0.2, 0.25) is 0 Å². The van der Waals surface area contributed by atoms with E-state index in [1.165, 1.54) is 0 Å². The molecule has 0 bridgehead atoms. The zero-order valence-corrected chi connectivity index (χ0v) is 19.0. The minimum atomic E-state index is -0.543. The second-order valence-electron chi connectivity index (χ2n) is 8.25. The van der Waals surface area contributed by atoms with Gasteiger partial charge in [0, 0.05) is 18.2 Å². The van der Waals surface area contributed by atoms with E-state index >= 15 is 0 Å². The maximum absolute atomic E-state index is 13.5. The van der Waals surface area contributed by atoms with Crippen LogP contribution in [-0.2, 0) is 4.79 Å². The largest absolute Gasteiger partial charge is 0.493 e. The summed E-state index contributed by atoms with van der Waals surface area (Å²) in [6.07, 6.45) is 2.75. The Morgan fingerprint density at radius 1 is 1.06 bits per heavy atom. The van der Waals surface area contributed by atoms with Gasteiger partial charge in [-0.15, -0.1) is 0 Å². The number of hydrogen-bond donors (Lipinski definition) is 1. The summed E-state index contributed by atoms with van der Waals surface area (Å²) < 4.78 is 16.6. The van der Waals surface area contributed by atoms with Gasteiger partial charge >= 0.3 is 0 Å². The summed E-state index contributed by atoms with van der Waals surface area (Å²) in [5.41, 5.74) is 2.11. The summed E-state index contributed by atoms with van der Waals surface area (Å²) in [5, 5.41) is 3.16. The number of carbonyl (C=O) groups excluding carboxylic acids is 2. The van der Waals surface area contributed by atoms with Gasteiger partial charge in [0.15, 0.2) is 11.5 Å². The fraction of sp³-hybridized carbons (Fsp3) is 0.440. The van der Waals surface area contributed by atoms with Crippen LogP contribution >= 0.6 is 0 Å². The van der Waals surface area contributed by atoms with Crippen LogP contribution < -0.4 is 19.5 Å². The summed E-state index contributed by atoms with van der Waals surface area (Å²) in [4.78, 5) is 28.9. The molecule has 1 saturated carbocycles. The van der Waals surface area contributed by atoms with Gasteiger partial charge in [-0.05, 0) is 48.6 Å². The number of fused-ring (bicyclic) bond motifs is 1. The van der Waals surface area contributed by atoms with Crippen LogP contribution in [0.3, 0.4) is 0 Å². The Morgan fingerprint density at radius 2 is 1.72 bits per heavy atom. The van der Waals surface area contributed by atoms with Crippen LogP contribution in [-0.4, -0.2) is 50.6 Å². The molecule has 7 nitrogen and oxygen atoms in total. The van der Waals surface area contributed by atoms with E-state index in [9.17, 15) is 9.59 Å². The number of nitrogens with zero attached hydrogens (tertiary/aromatic N) is 1. The lowest BCUT2D eigenvalue weighted by atomic mass is 9.79. The molecule has 1 N–H and O–H groups in total. The van der Waals surface area contributed by atoms with Crippen molar-refractivity contribution in [3.05, 3.63) is 53.1 Å². The lowest BCUT2D eigenvalue weighted by Gasteiger charge is -2.42. The minimum Gasteiger partial charge on any atom is -0.493 e. The van der Waals surface area contributed by atoms with Crippen molar-refractivity contribution in [1.82, 2.24) is 10.2 Å². The second-order valence-corrected chi connectivity index (χ2v) is 8.25. The van der Waals surface area contributed by atoms with Crippen LogP contribution in [0.4, 0.5) is 0 Å². The third-order valence-electron chi connectivity index (χ3n) is 6.14. The van der Waals surface area contributed by atoms with Gasteiger partial charge in [0.1, 0.15) is 0 Å². The Morgan fingerprint density at radius 3 is 2.28 bits per heavy atom. The Labute approximate surface area is 188 Å². The number of amides is 2. The van der Waals surface area contributed by atoms with Crippen molar-refractivity contribution in [3.63, 3.8) is 0 Å². The zero-order chi connectivity index (χ0) is 22.8. The average Bonchev–Trinajstić information content (AvgIpc) is 3.63. The molecule has 0 spiro atoms. The van der Waals surface area contributed by atoms with Crippen molar-refractivity contribution in [3.8, 4) is 17.2 Å². The van der Waals surface area contributed by atoms with E-state index in [-0.39, 0.29) is 17.9 Å². The SMILES string of the molecule is CCCN1C(=O)c2ccccc2C(C(=O)NC2CC2)C1c1cc(OC)c(OC)c(OC)c1. The Hall–Kier alpha value is -3.22. The van der Waals surface area contributed by atoms with Crippen molar-refractivity contribution in [2.75, 3.05) is 27.9 Å². The maximum atomic E-state index is 13.5. The summed E-state index contributed by atoms with van der Waals surface area (Å²) in [6, 6.07) is 10.8. The van der Waals surface area contributed by atoms with E-state index in [0.717, 1.165) is 30.4 Å². The molecule has 32 heavy (non-hydrogen) atoms. The highest BCUT2D eigenvalue weighted by molar-refractivity contribution is 6.01. The number of ether oxygens (including phenoxy) is 3. The Balaban J connectivity index is 1.91. The third-order valence-corrected chi connectivity index (χ3v) is 6.14. The predicted molar refractivity (Wildman–Crippen MR) is 121 cm³/mol. The maximum Gasteiger partial charge on any atom is 0.254 e. The van der Waals surface area contributed by atoms with E-state index < -0.39 is 12.0 Å². The minimum absolute atomic E-state index is 0.0627. The van der Waals surface area contributed by atoms with Gasteiger partial charge in [-0.25, -0.2) is 0 Å². The van der Waals surface area contributed by atoms with Crippen molar-refractivity contribution >= 4 is 11.8 Å². The molecule has 1 fully saturated rings. The zero-order valence-electron chi connectivity index (χ0n) is 19.0. The molecule has 0 aromatic heterocycles. The fourth-order valence-corrected chi connectivity index (χ4v) is 4.52. The first-order valence-corrected chi connectivity index (χ1v) is 11.0. The standard InChI is InChI=1S/C25H30N2O5/c1-5-12-27-22(15-13-19(30-2)23(32-4)20(14-15)31-3)21(24(28)26-16-10-11-16)17-8-6-7-9-18(17)25(27)29/h6-9,13-14,16,21-22H,5,10-12H2,1-4H3,(H,26,28). The van der Waals surface area contributed by atoms with Crippen LogP contribution in [0.5, 0.6) is 17.2 Å². The topological polar surface area (TPSA) is 77.1 Å². The number of methoxy groups -OCH3 is 3. The molecule has 170 valence electrons. The van der Waals surface area contributed by atoms with Gasteiger partial charge in [0.05, 0.1) is 33.3 Å². The first-order chi connectivity index (χ1) is 15.5. The normalized spacial score (nSPS) is 19.9. The highest BCUT2D eigenvalue weighted by Crippen LogP contribution is 2.47. The number of rotatable bonds is 8. The summed E-state index contributed by atoms with van der Waals surface area (Å²) in [7, 11) is 4.67.